The van der Waals surface area contributed by atoms with E-state index in [-0.39, 0.29) is 5.69 Å². The molecule has 0 unspecified atom stereocenters. The summed E-state index contributed by atoms with van der Waals surface area (Å²) in [5, 5.41) is 17.2. The molecule has 0 saturated heterocycles. The standard InChI is InChI=1S/C15H14BrN3O2S2/c16-11-1-7-14(8-2-11)23-10-9-17-15(22)18-12-3-5-13(6-4-12)19(20)21/h1-8H,9-10H2,(H2,17,18,22). The van der Waals surface area contributed by atoms with Crippen molar-refractivity contribution in [2.24, 2.45) is 0 Å². The van der Waals surface area contributed by atoms with Crippen molar-refractivity contribution >= 4 is 56.4 Å². The minimum absolute atomic E-state index is 0.0559. The summed E-state index contributed by atoms with van der Waals surface area (Å²) in [6.45, 7) is 0.722. The van der Waals surface area contributed by atoms with Gasteiger partial charge in [-0.25, -0.2) is 0 Å². The van der Waals surface area contributed by atoms with Crippen LogP contribution in [-0.4, -0.2) is 22.3 Å². The van der Waals surface area contributed by atoms with Crippen molar-refractivity contribution in [1.29, 1.82) is 0 Å². The van der Waals surface area contributed by atoms with Gasteiger partial charge in [-0.15, -0.1) is 11.8 Å². The fourth-order valence-corrected chi connectivity index (χ4v) is 2.96. The smallest absolute Gasteiger partial charge is 0.269 e. The number of halogens is 1. The van der Waals surface area contributed by atoms with Crippen molar-refractivity contribution in [3.05, 3.63) is 63.1 Å². The summed E-state index contributed by atoms with van der Waals surface area (Å²) in [5.41, 5.74) is 0.772. The van der Waals surface area contributed by atoms with Gasteiger partial charge in [0.2, 0.25) is 0 Å². The largest absolute Gasteiger partial charge is 0.362 e. The van der Waals surface area contributed by atoms with Crippen LogP contribution in [0, 0.1) is 10.1 Å². The summed E-state index contributed by atoms with van der Waals surface area (Å²) in [7, 11) is 0. The van der Waals surface area contributed by atoms with E-state index in [1.54, 1.807) is 23.9 Å². The number of nitro groups is 1. The molecule has 0 bridgehead atoms. The first-order chi connectivity index (χ1) is 11.0. The Hall–Kier alpha value is -1.64. The van der Waals surface area contributed by atoms with E-state index in [9.17, 15) is 10.1 Å². The summed E-state index contributed by atoms with van der Waals surface area (Å²) in [5.74, 6) is 0.879. The zero-order valence-corrected chi connectivity index (χ0v) is 15.2. The van der Waals surface area contributed by atoms with Crippen LogP contribution in [0.25, 0.3) is 0 Å². The van der Waals surface area contributed by atoms with Crippen LogP contribution in [0.1, 0.15) is 0 Å². The summed E-state index contributed by atoms with van der Waals surface area (Å²) >= 11 is 10.3. The van der Waals surface area contributed by atoms with Crippen LogP contribution in [0.3, 0.4) is 0 Å². The van der Waals surface area contributed by atoms with Crippen LogP contribution in [0.5, 0.6) is 0 Å². The second kappa shape index (κ2) is 8.85. The van der Waals surface area contributed by atoms with Crippen molar-refractivity contribution in [2.45, 2.75) is 4.90 Å². The average molecular weight is 412 g/mol. The minimum atomic E-state index is -0.431. The highest BCUT2D eigenvalue weighted by Gasteiger charge is 2.04. The normalized spacial score (nSPS) is 10.1. The van der Waals surface area contributed by atoms with Gasteiger partial charge in [0.1, 0.15) is 0 Å². The van der Waals surface area contributed by atoms with Gasteiger partial charge in [0.25, 0.3) is 5.69 Å². The molecule has 2 N–H and O–H groups in total. The monoisotopic (exact) mass is 411 g/mol. The van der Waals surface area contributed by atoms with Crippen molar-refractivity contribution < 1.29 is 4.92 Å². The molecule has 2 aromatic carbocycles. The van der Waals surface area contributed by atoms with E-state index in [2.05, 4.69) is 38.7 Å². The molecule has 5 nitrogen and oxygen atoms in total. The minimum Gasteiger partial charge on any atom is -0.362 e. The zero-order chi connectivity index (χ0) is 16.7. The molecule has 2 rings (SSSR count). The molecule has 0 amide bonds. The first kappa shape index (κ1) is 17.7. The van der Waals surface area contributed by atoms with Gasteiger partial charge >= 0.3 is 0 Å². The molecule has 0 aliphatic heterocycles. The number of thiocarbonyl (C=S) groups is 1. The predicted octanol–water partition coefficient (Wildman–Crippen LogP) is 4.44. The Morgan fingerprint density at radius 3 is 2.43 bits per heavy atom. The van der Waals surface area contributed by atoms with E-state index in [1.807, 2.05) is 12.1 Å². The first-order valence-corrected chi connectivity index (χ1v) is 8.91. The van der Waals surface area contributed by atoms with Crippen LogP contribution in [0.2, 0.25) is 0 Å². The average Bonchev–Trinajstić information content (AvgIpc) is 2.54. The summed E-state index contributed by atoms with van der Waals surface area (Å²) in [6.07, 6.45) is 0. The molecular formula is C15H14BrN3O2S2. The van der Waals surface area contributed by atoms with E-state index >= 15 is 0 Å². The van der Waals surface area contributed by atoms with Crippen LogP contribution in [-0.2, 0) is 0 Å². The summed E-state index contributed by atoms with van der Waals surface area (Å²) < 4.78 is 1.06. The highest BCUT2D eigenvalue weighted by atomic mass is 79.9. The fraction of sp³-hybridized carbons (Fsp3) is 0.133. The Morgan fingerprint density at radius 1 is 1.17 bits per heavy atom. The molecule has 8 heteroatoms. The number of rotatable bonds is 6. The number of thioether (sulfide) groups is 1. The second-order valence-corrected chi connectivity index (χ2v) is 6.98. The topological polar surface area (TPSA) is 67.2 Å². The van der Waals surface area contributed by atoms with Crippen molar-refractivity contribution in [3.8, 4) is 0 Å². The number of nitrogens with zero attached hydrogens (tertiary/aromatic N) is 1. The number of non-ortho nitro benzene ring substituents is 1. The van der Waals surface area contributed by atoms with Crippen LogP contribution in [0.4, 0.5) is 11.4 Å². The van der Waals surface area contributed by atoms with Gasteiger partial charge in [-0.2, -0.15) is 0 Å². The highest BCUT2D eigenvalue weighted by molar-refractivity contribution is 9.10. The number of nitrogens with one attached hydrogen (secondary N) is 2. The fourth-order valence-electron chi connectivity index (χ4n) is 1.71. The Balaban J connectivity index is 1.70. The van der Waals surface area contributed by atoms with Crippen molar-refractivity contribution in [1.82, 2.24) is 5.32 Å². The molecule has 120 valence electrons. The number of hydrogen-bond donors (Lipinski definition) is 2. The Bertz CT molecular complexity index is 678. The van der Waals surface area contributed by atoms with Gasteiger partial charge in [0.05, 0.1) is 4.92 Å². The lowest BCUT2D eigenvalue weighted by Gasteiger charge is -2.10. The summed E-state index contributed by atoms with van der Waals surface area (Å²) in [6, 6.07) is 14.3. The number of hydrogen-bond acceptors (Lipinski definition) is 4. The van der Waals surface area contributed by atoms with E-state index < -0.39 is 4.92 Å². The van der Waals surface area contributed by atoms with E-state index in [1.165, 1.54) is 17.0 Å². The zero-order valence-electron chi connectivity index (χ0n) is 12.0. The predicted molar refractivity (Wildman–Crippen MR) is 102 cm³/mol. The Morgan fingerprint density at radius 2 is 1.83 bits per heavy atom. The lowest BCUT2D eigenvalue weighted by molar-refractivity contribution is -0.384. The number of nitro benzene ring substituents is 1. The molecule has 23 heavy (non-hydrogen) atoms. The maximum atomic E-state index is 10.6. The maximum absolute atomic E-state index is 10.6. The molecular weight excluding hydrogens is 398 g/mol. The molecule has 0 fully saturated rings. The van der Waals surface area contributed by atoms with Gasteiger partial charge in [-0.1, -0.05) is 15.9 Å². The number of anilines is 1. The van der Waals surface area contributed by atoms with Crippen LogP contribution in [0.15, 0.2) is 57.9 Å². The van der Waals surface area contributed by atoms with Gasteiger partial charge in [0.15, 0.2) is 5.11 Å². The van der Waals surface area contributed by atoms with E-state index in [0.717, 1.165) is 16.8 Å². The van der Waals surface area contributed by atoms with Crippen LogP contribution >= 0.6 is 39.9 Å². The molecule has 2 aromatic rings. The van der Waals surface area contributed by atoms with Gasteiger partial charge in [0, 0.05) is 39.5 Å². The second-order valence-electron chi connectivity index (χ2n) is 4.49. The lowest BCUT2D eigenvalue weighted by atomic mass is 10.3. The van der Waals surface area contributed by atoms with Crippen LogP contribution < -0.4 is 10.6 Å². The molecule has 0 radical (unpaired) electrons. The Kier molecular flexibility index (Phi) is 6.82. The molecule has 0 aromatic heterocycles. The third-order valence-electron chi connectivity index (χ3n) is 2.81. The molecule has 0 spiro atoms. The van der Waals surface area contributed by atoms with E-state index in [0.29, 0.717) is 10.8 Å². The third-order valence-corrected chi connectivity index (χ3v) is 4.59. The quantitative estimate of drug-likeness (QED) is 0.241. The van der Waals surface area contributed by atoms with Gasteiger partial charge < -0.3 is 10.6 Å². The third kappa shape index (κ3) is 6.17. The number of benzene rings is 2. The molecule has 0 aliphatic rings. The van der Waals surface area contributed by atoms with Gasteiger partial charge in [-0.3, -0.25) is 10.1 Å². The first-order valence-electron chi connectivity index (χ1n) is 6.72. The SMILES string of the molecule is O=[N+]([O-])c1ccc(NC(=S)NCCSc2ccc(Br)cc2)cc1. The van der Waals surface area contributed by atoms with Crippen molar-refractivity contribution in [3.63, 3.8) is 0 Å². The van der Waals surface area contributed by atoms with Crippen molar-refractivity contribution in [2.75, 3.05) is 17.6 Å². The molecule has 0 atom stereocenters. The molecule has 0 heterocycles. The Labute approximate surface area is 152 Å². The maximum Gasteiger partial charge on any atom is 0.269 e. The van der Waals surface area contributed by atoms with E-state index in [4.69, 9.17) is 12.2 Å². The molecule has 0 aliphatic carbocycles. The van der Waals surface area contributed by atoms with Gasteiger partial charge in [-0.05, 0) is 48.6 Å². The molecule has 0 saturated carbocycles. The summed E-state index contributed by atoms with van der Waals surface area (Å²) in [4.78, 5) is 11.4. The lowest BCUT2D eigenvalue weighted by Crippen LogP contribution is -2.30. The highest BCUT2D eigenvalue weighted by Crippen LogP contribution is 2.20.